The fraction of sp³-hybridized carbons (Fsp3) is 0.200. The lowest BCUT2D eigenvalue weighted by molar-refractivity contribution is 0.104. The van der Waals surface area contributed by atoms with E-state index in [1.54, 1.807) is 6.08 Å². The third kappa shape index (κ3) is 1.03. The third-order valence-electron chi connectivity index (χ3n) is 0.716. The summed E-state index contributed by atoms with van der Waals surface area (Å²) in [7, 11) is 0. The number of hydrogen-bond acceptors (Lipinski definition) is 1. The normalized spacial score (nSPS) is 18.1. The van der Waals surface area contributed by atoms with Crippen LogP contribution in [0.15, 0.2) is 18.4 Å². The summed E-state index contributed by atoms with van der Waals surface area (Å²) < 4.78 is 11.9. The van der Waals surface area contributed by atoms with E-state index < -0.39 is 0 Å². The van der Waals surface area contributed by atoms with Gasteiger partial charge in [-0.2, -0.15) is 0 Å². The molecular formula is C5H5FN. The highest BCUT2D eigenvalue weighted by Gasteiger charge is 1.91. The molecule has 0 saturated heterocycles. The molecule has 2 heteroatoms. The summed E-state index contributed by atoms with van der Waals surface area (Å²) in [5.41, 5.74) is 0. The maximum absolute atomic E-state index is 11.9. The predicted octanol–water partition coefficient (Wildman–Crippen LogP) is 1.06. The first-order chi connectivity index (χ1) is 3.39. The van der Waals surface area contributed by atoms with Crippen LogP contribution in [-0.2, 0) is 0 Å². The van der Waals surface area contributed by atoms with Gasteiger partial charge in [0.25, 0.3) is 0 Å². The maximum atomic E-state index is 11.9. The molecule has 1 aliphatic heterocycles. The van der Waals surface area contributed by atoms with Crippen LogP contribution in [0.25, 0.3) is 0 Å². The van der Waals surface area contributed by atoms with E-state index in [9.17, 15) is 4.48 Å². The van der Waals surface area contributed by atoms with Crippen LogP contribution >= 0.6 is 0 Å². The van der Waals surface area contributed by atoms with Crippen molar-refractivity contribution in [1.29, 1.82) is 0 Å². The van der Waals surface area contributed by atoms with Crippen molar-refractivity contribution in [1.82, 2.24) is 5.12 Å². The van der Waals surface area contributed by atoms with Gasteiger partial charge in [-0.3, -0.25) is 0 Å². The average Bonchev–Trinajstić information content (AvgIpc) is 1.69. The molecule has 1 rings (SSSR count). The molecule has 0 unspecified atom stereocenters. The van der Waals surface area contributed by atoms with E-state index in [0.29, 0.717) is 11.7 Å². The molecule has 1 nitrogen and oxygen atoms in total. The number of allylic oxidation sites excluding steroid dienone is 2. The lowest BCUT2D eigenvalue weighted by Crippen LogP contribution is -2.05. The minimum atomic E-state index is 0.330. The molecule has 0 fully saturated rings. The summed E-state index contributed by atoms with van der Waals surface area (Å²) in [5.74, 6) is 0. The molecule has 37 valence electrons. The van der Waals surface area contributed by atoms with Crippen molar-refractivity contribution in [3.8, 4) is 0 Å². The van der Waals surface area contributed by atoms with Gasteiger partial charge >= 0.3 is 0 Å². The first kappa shape index (κ1) is 4.37. The van der Waals surface area contributed by atoms with E-state index >= 15 is 0 Å². The van der Waals surface area contributed by atoms with Gasteiger partial charge in [0.05, 0.1) is 6.54 Å². The summed E-state index contributed by atoms with van der Waals surface area (Å²) >= 11 is 0. The Morgan fingerprint density at radius 2 is 2.57 bits per heavy atom. The van der Waals surface area contributed by atoms with Crippen LogP contribution in [-0.4, -0.2) is 11.7 Å². The molecule has 0 aliphatic carbocycles. The highest BCUT2D eigenvalue weighted by molar-refractivity contribution is 4.99. The van der Waals surface area contributed by atoms with Gasteiger partial charge in [-0.15, -0.1) is 4.48 Å². The highest BCUT2D eigenvalue weighted by atomic mass is 19.2. The van der Waals surface area contributed by atoms with Gasteiger partial charge in [0.15, 0.2) is 0 Å². The Labute approximate surface area is 41.7 Å². The molecule has 0 atom stereocenters. The number of nitrogens with zero attached hydrogens (tertiary/aromatic N) is 1. The lowest BCUT2D eigenvalue weighted by Gasteiger charge is -2.04. The third-order valence-corrected chi connectivity index (χ3v) is 0.716. The molecule has 7 heavy (non-hydrogen) atoms. The minimum Gasteiger partial charge on any atom is -0.215 e. The monoisotopic (exact) mass is 98.0 g/mol. The van der Waals surface area contributed by atoms with Crippen molar-refractivity contribution in [3.05, 3.63) is 24.4 Å². The molecule has 0 N–H and O–H groups in total. The topological polar surface area (TPSA) is 3.24 Å². The molecular weight excluding hydrogens is 93.1 g/mol. The zero-order valence-corrected chi connectivity index (χ0v) is 3.76. The van der Waals surface area contributed by atoms with Gasteiger partial charge in [0, 0.05) is 6.20 Å². The van der Waals surface area contributed by atoms with Crippen molar-refractivity contribution >= 4 is 0 Å². The van der Waals surface area contributed by atoms with E-state index in [1.807, 2.05) is 0 Å². The van der Waals surface area contributed by atoms with E-state index in [-0.39, 0.29) is 0 Å². The number of halogens is 1. The predicted molar refractivity (Wildman–Crippen MR) is 24.8 cm³/mol. The van der Waals surface area contributed by atoms with Gasteiger partial charge < -0.3 is 0 Å². The van der Waals surface area contributed by atoms with Crippen molar-refractivity contribution in [2.24, 2.45) is 0 Å². The molecule has 0 aromatic carbocycles. The minimum absolute atomic E-state index is 0.330. The lowest BCUT2D eigenvalue weighted by atomic mass is 10.4. The van der Waals surface area contributed by atoms with Gasteiger partial charge in [-0.25, -0.2) is 5.12 Å². The van der Waals surface area contributed by atoms with E-state index in [0.717, 1.165) is 0 Å². The number of hydrogen-bond donors (Lipinski definition) is 0. The van der Waals surface area contributed by atoms with E-state index in [2.05, 4.69) is 6.08 Å². The van der Waals surface area contributed by atoms with Crippen LogP contribution in [0.3, 0.4) is 0 Å². The Balaban J connectivity index is 2.49. The first-order valence-electron chi connectivity index (χ1n) is 2.06. The first-order valence-corrected chi connectivity index (χ1v) is 2.06. The molecule has 0 aromatic heterocycles. The van der Waals surface area contributed by atoms with Crippen LogP contribution in [0, 0.1) is 6.08 Å². The van der Waals surface area contributed by atoms with E-state index in [4.69, 9.17) is 0 Å². The smallest absolute Gasteiger partial charge is 0.0688 e. The van der Waals surface area contributed by atoms with Crippen molar-refractivity contribution in [3.63, 3.8) is 0 Å². The maximum Gasteiger partial charge on any atom is 0.0688 e. The fourth-order valence-corrected chi connectivity index (χ4v) is 0.393. The highest BCUT2D eigenvalue weighted by Crippen LogP contribution is 1.95. The second-order valence-electron chi connectivity index (χ2n) is 1.27. The Morgan fingerprint density at radius 3 is 2.86 bits per heavy atom. The molecule has 0 amide bonds. The fourth-order valence-electron chi connectivity index (χ4n) is 0.393. The van der Waals surface area contributed by atoms with Gasteiger partial charge in [-0.1, -0.05) is 6.08 Å². The SMILES string of the molecule is FN1C=C[C]=CC1. The van der Waals surface area contributed by atoms with Crippen molar-refractivity contribution in [2.45, 2.75) is 0 Å². The van der Waals surface area contributed by atoms with Crippen molar-refractivity contribution in [2.75, 3.05) is 6.54 Å². The Kier molecular flexibility index (Phi) is 1.11. The van der Waals surface area contributed by atoms with Crippen LogP contribution in [0.1, 0.15) is 0 Å². The quantitative estimate of drug-likeness (QED) is 0.409. The zero-order valence-electron chi connectivity index (χ0n) is 3.76. The molecule has 1 aliphatic rings. The standard InChI is InChI=1S/C5H5FN/c6-7-4-2-1-3-5-7/h2-4H,5H2. The summed E-state index contributed by atoms with van der Waals surface area (Å²) in [5, 5.41) is 0.594. The number of rotatable bonds is 0. The Bertz CT molecular complexity index is 107. The van der Waals surface area contributed by atoms with Crippen molar-refractivity contribution < 1.29 is 4.48 Å². The molecule has 1 radical (unpaired) electrons. The summed E-state index contributed by atoms with van der Waals surface area (Å²) in [4.78, 5) is 0. The molecule has 0 bridgehead atoms. The van der Waals surface area contributed by atoms with Crippen LogP contribution in [0.5, 0.6) is 0 Å². The summed E-state index contributed by atoms with van der Waals surface area (Å²) in [6.07, 6.45) is 7.22. The van der Waals surface area contributed by atoms with Gasteiger partial charge in [0.2, 0.25) is 0 Å². The summed E-state index contributed by atoms with van der Waals surface area (Å²) in [6, 6.07) is 0. The summed E-state index contributed by atoms with van der Waals surface area (Å²) in [6.45, 7) is 0.330. The molecule has 0 aromatic rings. The average molecular weight is 98.1 g/mol. The zero-order chi connectivity index (χ0) is 5.11. The largest absolute Gasteiger partial charge is 0.215 e. The second kappa shape index (κ2) is 1.78. The molecule has 0 saturated carbocycles. The molecule has 1 heterocycles. The van der Waals surface area contributed by atoms with Gasteiger partial charge in [0.1, 0.15) is 0 Å². The second-order valence-corrected chi connectivity index (χ2v) is 1.27. The molecule has 0 spiro atoms. The Hall–Kier alpha value is -0.790. The van der Waals surface area contributed by atoms with Gasteiger partial charge in [-0.05, 0) is 12.2 Å². The van der Waals surface area contributed by atoms with Crippen LogP contribution < -0.4 is 0 Å². The van der Waals surface area contributed by atoms with Crippen LogP contribution in [0.2, 0.25) is 0 Å². The van der Waals surface area contributed by atoms with Crippen LogP contribution in [0.4, 0.5) is 4.48 Å². The van der Waals surface area contributed by atoms with E-state index in [1.165, 1.54) is 12.3 Å². The Morgan fingerprint density at radius 1 is 1.71 bits per heavy atom.